The van der Waals surface area contributed by atoms with Crippen molar-refractivity contribution in [2.24, 2.45) is 0 Å². The molecule has 0 amide bonds. The highest BCUT2D eigenvalue weighted by Crippen LogP contribution is 2.23. The molecule has 0 fully saturated rings. The summed E-state index contributed by atoms with van der Waals surface area (Å²) in [5, 5.41) is 22.4. The molecule has 5 nitrogen and oxygen atoms in total. The van der Waals surface area contributed by atoms with Gasteiger partial charge < -0.3 is 0 Å². The lowest BCUT2D eigenvalue weighted by atomic mass is 10.00. The van der Waals surface area contributed by atoms with Crippen LogP contribution < -0.4 is 10.6 Å². The molecular weight excluding hydrogens is 252 g/mol. The maximum Gasteiger partial charge on any atom is 0.197 e. The summed E-state index contributed by atoms with van der Waals surface area (Å²) in [5.41, 5.74) is 1.63. The second-order valence-corrected chi connectivity index (χ2v) is 3.89. The fourth-order valence-corrected chi connectivity index (χ4v) is 1.85. The predicted molar refractivity (Wildman–Crippen MR) is 74.8 cm³/mol. The van der Waals surface area contributed by atoms with Gasteiger partial charge in [0.1, 0.15) is 0 Å². The van der Waals surface area contributed by atoms with E-state index in [9.17, 15) is 4.79 Å². The van der Waals surface area contributed by atoms with Crippen molar-refractivity contribution in [3.05, 3.63) is 59.7 Å². The third-order valence-corrected chi connectivity index (χ3v) is 2.72. The Labute approximate surface area is 116 Å². The smallest absolute Gasteiger partial charge is 0.197 e. The van der Waals surface area contributed by atoms with Crippen LogP contribution in [0.2, 0.25) is 0 Å². The number of carbonyl (C=O) groups excluding carboxylic acids is 1. The van der Waals surface area contributed by atoms with Gasteiger partial charge in [-0.25, -0.2) is 0 Å². The van der Waals surface area contributed by atoms with Gasteiger partial charge in [0.05, 0.1) is 11.4 Å². The second kappa shape index (κ2) is 6.03. The van der Waals surface area contributed by atoms with Gasteiger partial charge in [-0.1, -0.05) is 24.3 Å². The number of nitrogens with zero attached hydrogens (tertiary/aromatic N) is 2. The van der Waals surface area contributed by atoms with Crippen LogP contribution in [-0.4, -0.2) is 5.78 Å². The van der Waals surface area contributed by atoms with Gasteiger partial charge in [0, 0.05) is 11.1 Å². The molecule has 0 saturated heterocycles. The molecule has 0 aliphatic rings. The first-order chi connectivity index (χ1) is 9.77. The van der Waals surface area contributed by atoms with Crippen molar-refractivity contribution in [3.8, 4) is 12.4 Å². The van der Waals surface area contributed by atoms with Crippen LogP contribution in [0.15, 0.2) is 48.5 Å². The van der Waals surface area contributed by atoms with E-state index in [-0.39, 0.29) is 5.78 Å². The van der Waals surface area contributed by atoms with Crippen LogP contribution in [0, 0.1) is 22.9 Å². The average molecular weight is 262 g/mol. The van der Waals surface area contributed by atoms with Crippen molar-refractivity contribution in [3.63, 3.8) is 0 Å². The third kappa shape index (κ3) is 2.58. The molecule has 20 heavy (non-hydrogen) atoms. The standard InChI is InChI=1S/C15H10N4O/c16-9-18-13-7-3-1-5-11(13)15(20)12-6-2-4-8-14(12)19-10-17/h1-8,18-19H. The van der Waals surface area contributed by atoms with Crippen LogP contribution in [0.5, 0.6) is 0 Å². The number of nitriles is 2. The van der Waals surface area contributed by atoms with E-state index in [1.807, 2.05) is 0 Å². The molecule has 96 valence electrons. The van der Waals surface area contributed by atoms with Gasteiger partial charge in [0.15, 0.2) is 18.2 Å². The molecule has 2 aromatic carbocycles. The molecule has 0 spiro atoms. The van der Waals surface area contributed by atoms with Gasteiger partial charge in [0.2, 0.25) is 0 Å². The van der Waals surface area contributed by atoms with Crippen LogP contribution in [-0.2, 0) is 0 Å². The Morgan fingerprint density at radius 3 is 1.60 bits per heavy atom. The maximum atomic E-state index is 12.5. The Hall–Kier alpha value is -3.31. The first kappa shape index (κ1) is 13.1. The Balaban J connectivity index is 2.48. The van der Waals surface area contributed by atoms with Crippen LogP contribution in [0.4, 0.5) is 11.4 Å². The minimum atomic E-state index is -0.262. The number of rotatable bonds is 4. The lowest BCUT2D eigenvalue weighted by Gasteiger charge is -2.09. The Bertz CT molecular complexity index is 664. The lowest BCUT2D eigenvalue weighted by Crippen LogP contribution is -2.07. The van der Waals surface area contributed by atoms with Crippen molar-refractivity contribution in [1.29, 1.82) is 10.5 Å². The van der Waals surface area contributed by atoms with Gasteiger partial charge in [-0.2, -0.15) is 10.5 Å². The molecule has 0 aliphatic carbocycles. The highest BCUT2D eigenvalue weighted by molar-refractivity contribution is 6.15. The zero-order chi connectivity index (χ0) is 14.4. The van der Waals surface area contributed by atoms with Gasteiger partial charge in [-0.15, -0.1) is 0 Å². The maximum absolute atomic E-state index is 12.5. The first-order valence-electron chi connectivity index (χ1n) is 5.81. The van der Waals surface area contributed by atoms with E-state index in [1.165, 1.54) is 0 Å². The average Bonchev–Trinajstić information content (AvgIpc) is 2.48. The number of benzene rings is 2. The highest BCUT2D eigenvalue weighted by Gasteiger charge is 2.16. The fraction of sp³-hybridized carbons (Fsp3) is 0. The highest BCUT2D eigenvalue weighted by atomic mass is 16.1. The van der Waals surface area contributed by atoms with E-state index in [0.29, 0.717) is 22.5 Å². The van der Waals surface area contributed by atoms with E-state index in [0.717, 1.165) is 0 Å². The fourth-order valence-electron chi connectivity index (χ4n) is 1.85. The molecule has 2 rings (SSSR count). The Morgan fingerprint density at radius 2 is 1.20 bits per heavy atom. The largest absolute Gasteiger partial charge is 0.292 e. The zero-order valence-electron chi connectivity index (χ0n) is 10.4. The summed E-state index contributed by atoms with van der Waals surface area (Å²) in [6.07, 6.45) is 3.60. The van der Waals surface area contributed by atoms with Gasteiger partial charge in [0.25, 0.3) is 0 Å². The van der Waals surface area contributed by atoms with Crippen LogP contribution in [0.3, 0.4) is 0 Å². The normalized spacial score (nSPS) is 9.10. The van der Waals surface area contributed by atoms with E-state index in [1.54, 1.807) is 60.9 Å². The number of hydrogen-bond donors (Lipinski definition) is 2. The van der Waals surface area contributed by atoms with Gasteiger partial charge in [-0.3, -0.25) is 15.4 Å². The molecule has 0 saturated carbocycles. The molecule has 2 aromatic rings. The summed E-state index contributed by atoms with van der Waals surface area (Å²) in [6.45, 7) is 0. The summed E-state index contributed by atoms with van der Waals surface area (Å²) in [5.74, 6) is -0.262. The molecular formula is C15H10N4O. The molecule has 0 heterocycles. The predicted octanol–water partition coefficient (Wildman–Crippen LogP) is 2.70. The zero-order valence-corrected chi connectivity index (χ0v) is 10.4. The molecule has 0 radical (unpaired) electrons. The number of carbonyl (C=O) groups is 1. The minimum Gasteiger partial charge on any atom is -0.292 e. The Kier molecular flexibility index (Phi) is 3.96. The summed E-state index contributed by atoms with van der Waals surface area (Å²) in [4.78, 5) is 12.5. The van der Waals surface area contributed by atoms with Crippen LogP contribution in [0.25, 0.3) is 0 Å². The molecule has 0 aliphatic heterocycles. The van der Waals surface area contributed by atoms with E-state index < -0.39 is 0 Å². The van der Waals surface area contributed by atoms with E-state index in [4.69, 9.17) is 10.5 Å². The lowest BCUT2D eigenvalue weighted by molar-refractivity contribution is 0.104. The van der Waals surface area contributed by atoms with Crippen molar-refractivity contribution in [2.45, 2.75) is 0 Å². The van der Waals surface area contributed by atoms with Crippen LogP contribution in [0.1, 0.15) is 15.9 Å². The van der Waals surface area contributed by atoms with Crippen molar-refractivity contribution < 1.29 is 4.79 Å². The third-order valence-electron chi connectivity index (χ3n) is 2.72. The number of anilines is 2. The van der Waals surface area contributed by atoms with Crippen LogP contribution >= 0.6 is 0 Å². The van der Waals surface area contributed by atoms with E-state index >= 15 is 0 Å². The van der Waals surface area contributed by atoms with Crippen molar-refractivity contribution >= 4 is 17.2 Å². The monoisotopic (exact) mass is 262 g/mol. The number of nitrogens with one attached hydrogen (secondary N) is 2. The number of para-hydroxylation sites is 2. The molecule has 0 atom stereocenters. The SMILES string of the molecule is N#CNc1ccccc1C(=O)c1ccccc1NC#N. The molecule has 0 bridgehead atoms. The molecule has 2 N–H and O–H groups in total. The van der Waals surface area contributed by atoms with E-state index in [2.05, 4.69) is 10.6 Å². The molecule has 5 heteroatoms. The van der Waals surface area contributed by atoms with Gasteiger partial charge in [-0.05, 0) is 24.3 Å². The van der Waals surface area contributed by atoms with Gasteiger partial charge >= 0.3 is 0 Å². The topological polar surface area (TPSA) is 88.7 Å². The summed E-state index contributed by atoms with van der Waals surface area (Å²) >= 11 is 0. The summed E-state index contributed by atoms with van der Waals surface area (Å²) in [6, 6.07) is 13.5. The molecule has 0 aromatic heterocycles. The number of ketones is 1. The summed E-state index contributed by atoms with van der Waals surface area (Å²) in [7, 11) is 0. The quantitative estimate of drug-likeness (QED) is 0.502. The Morgan fingerprint density at radius 1 is 0.800 bits per heavy atom. The van der Waals surface area contributed by atoms with Crippen molar-refractivity contribution in [1.82, 2.24) is 0 Å². The minimum absolute atomic E-state index is 0.262. The summed E-state index contributed by atoms with van der Waals surface area (Å²) < 4.78 is 0. The molecule has 0 unspecified atom stereocenters. The van der Waals surface area contributed by atoms with Crippen molar-refractivity contribution in [2.75, 3.05) is 10.6 Å². The number of hydrogen-bond acceptors (Lipinski definition) is 5. The second-order valence-electron chi connectivity index (χ2n) is 3.89. The first-order valence-corrected chi connectivity index (χ1v) is 5.81.